The smallest absolute Gasteiger partial charge is 0.354 e. The molecule has 0 aliphatic carbocycles. The summed E-state index contributed by atoms with van der Waals surface area (Å²) in [5.41, 5.74) is 2.18. The first kappa shape index (κ1) is 14.8. The van der Waals surface area contributed by atoms with Gasteiger partial charge in [0.15, 0.2) is 0 Å². The van der Waals surface area contributed by atoms with Crippen molar-refractivity contribution < 1.29 is 14.4 Å². The molecule has 21 heavy (non-hydrogen) atoms. The highest BCUT2D eigenvalue weighted by Gasteiger charge is 2.21. The molecule has 7 heteroatoms. The lowest BCUT2D eigenvalue weighted by molar-refractivity contribution is 0.387. The Hall–Kier alpha value is -1.10. The topological polar surface area (TPSA) is 73.3 Å². The monoisotopic (exact) mass is 385 g/mol. The average molecular weight is 387 g/mol. The molecule has 4 nitrogen and oxygen atoms in total. The fourth-order valence-corrected chi connectivity index (χ4v) is 3.60. The van der Waals surface area contributed by atoms with Crippen LogP contribution in [0.15, 0.2) is 46.9 Å². The molecule has 1 heterocycles. The number of nitrogens with one attached hydrogen (secondary N) is 1. The fraction of sp³-hybridized carbons (Fsp3) is 0. The summed E-state index contributed by atoms with van der Waals surface area (Å²) in [6.45, 7) is 0. The summed E-state index contributed by atoms with van der Waals surface area (Å²) in [6, 6.07) is 12.4. The minimum atomic E-state index is -4.35. The third kappa shape index (κ3) is 2.80. The van der Waals surface area contributed by atoms with Gasteiger partial charge in [-0.05, 0) is 40.2 Å². The van der Waals surface area contributed by atoms with Crippen LogP contribution in [0.4, 0.5) is 0 Å². The predicted octanol–water partition coefficient (Wildman–Crippen LogP) is 4.05. The van der Waals surface area contributed by atoms with Crippen molar-refractivity contribution in [1.82, 2.24) is 4.98 Å². The molecule has 0 atom stereocenters. The number of benzene rings is 2. The Balaban J connectivity index is 2.26. The molecule has 1 aromatic heterocycles. The van der Waals surface area contributed by atoms with Gasteiger partial charge < -0.3 is 14.8 Å². The van der Waals surface area contributed by atoms with E-state index in [0.717, 1.165) is 10.9 Å². The molecule has 0 radical (unpaired) electrons. The zero-order chi connectivity index (χ0) is 15.2. The number of para-hydroxylation sites is 1. The first-order valence-corrected chi connectivity index (χ1v) is 8.78. The Morgan fingerprint density at radius 1 is 1.14 bits per heavy atom. The Kier molecular flexibility index (Phi) is 3.72. The molecule has 2 aromatic carbocycles. The molecular weight excluding hydrogens is 376 g/mol. The zero-order valence-corrected chi connectivity index (χ0v) is 13.8. The van der Waals surface area contributed by atoms with Gasteiger partial charge >= 0.3 is 7.60 Å². The Bertz CT molecular complexity index is 854. The van der Waals surface area contributed by atoms with Gasteiger partial charge in [0.2, 0.25) is 0 Å². The summed E-state index contributed by atoms with van der Waals surface area (Å²) >= 11 is 9.50. The summed E-state index contributed by atoms with van der Waals surface area (Å²) in [6.07, 6.45) is 0. The maximum absolute atomic E-state index is 11.5. The van der Waals surface area contributed by atoms with Crippen LogP contribution in [-0.2, 0) is 4.57 Å². The van der Waals surface area contributed by atoms with E-state index in [4.69, 9.17) is 11.6 Å². The molecule has 0 bridgehead atoms. The minimum Gasteiger partial charge on any atom is -0.354 e. The number of hydrogen-bond donors (Lipinski definition) is 3. The van der Waals surface area contributed by atoms with E-state index in [9.17, 15) is 14.4 Å². The van der Waals surface area contributed by atoms with E-state index in [1.54, 1.807) is 0 Å². The van der Waals surface area contributed by atoms with Crippen LogP contribution in [0.25, 0.3) is 22.2 Å². The normalized spacial score (nSPS) is 12.0. The number of rotatable bonds is 2. The highest BCUT2D eigenvalue weighted by Crippen LogP contribution is 2.40. The van der Waals surface area contributed by atoms with Crippen LogP contribution in [0.1, 0.15) is 0 Å². The van der Waals surface area contributed by atoms with Gasteiger partial charge in [0.25, 0.3) is 0 Å². The lowest BCUT2D eigenvalue weighted by atomic mass is 10.1. The molecular formula is C14H10BrClNO3P. The first-order valence-electron chi connectivity index (χ1n) is 5.99. The van der Waals surface area contributed by atoms with E-state index in [0.29, 0.717) is 20.8 Å². The Morgan fingerprint density at radius 2 is 1.86 bits per heavy atom. The van der Waals surface area contributed by atoms with Gasteiger partial charge in [-0.2, -0.15) is 0 Å². The fourth-order valence-electron chi connectivity index (χ4n) is 2.16. The van der Waals surface area contributed by atoms with Crippen molar-refractivity contribution in [2.45, 2.75) is 0 Å². The van der Waals surface area contributed by atoms with Gasteiger partial charge in [-0.15, -0.1) is 0 Å². The van der Waals surface area contributed by atoms with E-state index in [-0.39, 0.29) is 5.30 Å². The number of hydrogen-bond acceptors (Lipinski definition) is 1. The predicted molar refractivity (Wildman–Crippen MR) is 88.1 cm³/mol. The molecule has 3 aromatic rings. The second-order valence-corrected chi connectivity index (χ2v) is 7.44. The molecule has 0 aliphatic rings. The summed E-state index contributed by atoms with van der Waals surface area (Å²) in [5.74, 6) is 0. The number of halogens is 2. The highest BCUT2D eigenvalue weighted by molar-refractivity contribution is 9.10. The second-order valence-electron chi connectivity index (χ2n) is 4.60. The standard InChI is InChI=1S/C14H10BrClNO3P/c15-11-7-9(21(18,19)20)6-10(14(11)16)13-5-8-3-1-2-4-12(8)17-13/h1-7,17H,(H2,18,19,20). The maximum atomic E-state index is 11.5. The summed E-state index contributed by atoms with van der Waals surface area (Å²) in [5, 5.41) is 1.33. The molecule has 0 amide bonds. The van der Waals surface area contributed by atoms with Crippen LogP contribution in [0.2, 0.25) is 5.02 Å². The third-order valence-electron chi connectivity index (χ3n) is 3.17. The molecule has 108 valence electrons. The van der Waals surface area contributed by atoms with Gasteiger partial charge in [0.1, 0.15) is 0 Å². The van der Waals surface area contributed by atoms with Crippen molar-refractivity contribution in [3.63, 3.8) is 0 Å². The van der Waals surface area contributed by atoms with Crippen LogP contribution in [-0.4, -0.2) is 14.8 Å². The summed E-state index contributed by atoms with van der Waals surface area (Å²) < 4.78 is 11.9. The van der Waals surface area contributed by atoms with Gasteiger partial charge in [0.05, 0.1) is 10.3 Å². The van der Waals surface area contributed by atoms with Crippen molar-refractivity contribution in [2.24, 2.45) is 0 Å². The van der Waals surface area contributed by atoms with Crippen LogP contribution >= 0.6 is 35.1 Å². The summed E-state index contributed by atoms with van der Waals surface area (Å²) in [4.78, 5) is 21.9. The molecule has 3 N–H and O–H groups in total. The Morgan fingerprint density at radius 3 is 2.52 bits per heavy atom. The van der Waals surface area contributed by atoms with E-state index in [1.807, 2.05) is 30.3 Å². The second kappa shape index (κ2) is 5.27. The van der Waals surface area contributed by atoms with Crippen molar-refractivity contribution in [3.05, 3.63) is 52.0 Å². The number of fused-ring (bicyclic) bond motifs is 1. The first-order chi connectivity index (χ1) is 9.86. The summed E-state index contributed by atoms with van der Waals surface area (Å²) in [7, 11) is -4.35. The van der Waals surface area contributed by atoms with Gasteiger partial charge in [0, 0.05) is 26.6 Å². The largest absolute Gasteiger partial charge is 0.356 e. The van der Waals surface area contributed by atoms with Crippen molar-refractivity contribution >= 4 is 51.3 Å². The lowest BCUT2D eigenvalue weighted by Crippen LogP contribution is -2.05. The van der Waals surface area contributed by atoms with Gasteiger partial charge in [-0.3, -0.25) is 4.57 Å². The maximum Gasteiger partial charge on any atom is 0.356 e. The van der Waals surface area contributed by atoms with Crippen LogP contribution < -0.4 is 5.30 Å². The molecule has 3 rings (SSSR count). The molecule has 0 aliphatic heterocycles. The van der Waals surface area contributed by atoms with E-state index < -0.39 is 7.60 Å². The zero-order valence-electron chi connectivity index (χ0n) is 10.5. The molecule has 0 unspecified atom stereocenters. The van der Waals surface area contributed by atoms with Gasteiger partial charge in [-0.25, -0.2) is 0 Å². The van der Waals surface area contributed by atoms with Gasteiger partial charge in [-0.1, -0.05) is 29.8 Å². The van der Waals surface area contributed by atoms with E-state index >= 15 is 0 Å². The van der Waals surface area contributed by atoms with Crippen molar-refractivity contribution in [1.29, 1.82) is 0 Å². The average Bonchev–Trinajstić information content (AvgIpc) is 2.84. The van der Waals surface area contributed by atoms with Crippen LogP contribution in [0.3, 0.4) is 0 Å². The highest BCUT2D eigenvalue weighted by atomic mass is 79.9. The number of H-pyrrole nitrogens is 1. The lowest BCUT2D eigenvalue weighted by Gasteiger charge is -2.10. The quantitative estimate of drug-likeness (QED) is 0.582. The van der Waals surface area contributed by atoms with Crippen molar-refractivity contribution in [2.75, 3.05) is 0 Å². The number of aromatic nitrogens is 1. The molecule has 0 saturated carbocycles. The van der Waals surface area contributed by atoms with Crippen LogP contribution in [0.5, 0.6) is 0 Å². The molecule has 0 spiro atoms. The molecule has 0 saturated heterocycles. The van der Waals surface area contributed by atoms with Crippen molar-refractivity contribution in [3.8, 4) is 11.3 Å². The Labute approximate surface area is 134 Å². The van der Waals surface area contributed by atoms with E-state index in [2.05, 4.69) is 20.9 Å². The third-order valence-corrected chi connectivity index (χ3v) is 5.36. The number of aromatic amines is 1. The SMILES string of the molecule is O=P(O)(O)c1cc(Br)c(Cl)c(-c2cc3ccccc3[nH]2)c1. The van der Waals surface area contributed by atoms with E-state index in [1.165, 1.54) is 12.1 Å². The minimum absolute atomic E-state index is 0.0765. The molecule has 0 fully saturated rings. The van der Waals surface area contributed by atoms with Crippen LogP contribution in [0, 0.1) is 0 Å².